The summed E-state index contributed by atoms with van der Waals surface area (Å²) in [4.78, 5) is 75.5. The minimum absolute atomic E-state index is 0.0612. The van der Waals surface area contributed by atoms with Crippen LogP contribution >= 0.6 is 0 Å². The summed E-state index contributed by atoms with van der Waals surface area (Å²) < 4.78 is 39.2. The Bertz CT molecular complexity index is 2650. The number of urea groups is 2. The monoisotopic (exact) mass is 952 g/mol. The first kappa shape index (κ1) is 47.2. The number of aromatic carboxylic acids is 1. The van der Waals surface area contributed by atoms with Gasteiger partial charge in [0, 0.05) is 50.7 Å². The van der Waals surface area contributed by atoms with Crippen molar-refractivity contribution in [2.75, 3.05) is 89.9 Å². The van der Waals surface area contributed by atoms with Crippen LogP contribution in [0.2, 0.25) is 0 Å². The lowest BCUT2D eigenvalue weighted by Crippen LogP contribution is -2.48. The number of hydrogen-bond donors (Lipinski definition) is 3. The third kappa shape index (κ3) is 10.1. The summed E-state index contributed by atoms with van der Waals surface area (Å²) in [6.07, 6.45) is 4.32. The van der Waals surface area contributed by atoms with Crippen molar-refractivity contribution in [1.82, 2.24) is 19.9 Å². The number of aromatic nitrogens is 4. The van der Waals surface area contributed by atoms with E-state index in [9.17, 15) is 24.3 Å². The van der Waals surface area contributed by atoms with Crippen LogP contribution in [0.15, 0.2) is 48.8 Å². The van der Waals surface area contributed by atoms with E-state index in [1.54, 1.807) is 59.4 Å². The maximum absolute atomic E-state index is 13.4. The molecule has 10 rings (SSSR count). The topological polar surface area (TPSA) is 242 Å². The number of hydrogen-bond acceptors (Lipinski definition) is 17. The highest BCUT2D eigenvalue weighted by atomic mass is 16.8. The molecule has 4 aromatic heterocycles. The van der Waals surface area contributed by atoms with Gasteiger partial charge in [-0.15, -0.1) is 0 Å². The molecule has 3 N–H and O–H groups in total. The molecule has 4 bridgehead atoms. The average molecular weight is 953 g/mol. The molecule has 4 atom stereocenters. The molecule has 0 aliphatic carbocycles. The molecule has 0 spiro atoms. The van der Waals surface area contributed by atoms with E-state index in [0.717, 1.165) is 37.3 Å². The second kappa shape index (κ2) is 18.9. The molecule has 69 heavy (non-hydrogen) atoms. The third-order valence-electron chi connectivity index (χ3n) is 12.5. The van der Waals surface area contributed by atoms with Gasteiger partial charge in [-0.1, -0.05) is 0 Å². The quantitative estimate of drug-likeness (QED) is 0.169. The molecule has 4 aromatic rings. The number of carboxylic acid groups (broad SMARTS) is 1. The van der Waals surface area contributed by atoms with E-state index in [1.807, 2.05) is 40.7 Å². The van der Waals surface area contributed by atoms with Crippen molar-refractivity contribution >= 4 is 58.6 Å². The van der Waals surface area contributed by atoms with Gasteiger partial charge in [-0.2, -0.15) is 0 Å². The number of aryl methyl sites for hydroxylation is 2. The summed E-state index contributed by atoms with van der Waals surface area (Å²) in [5, 5.41) is 15.2. The number of esters is 1. The predicted octanol–water partition coefficient (Wildman–Crippen LogP) is 5.38. The molecule has 6 aliphatic heterocycles. The number of carbonyl (C=O) groups is 4. The van der Waals surface area contributed by atoms with E-state index in [2.05, 4.69) is 40.4 Å². The number of pyridine rings is 4. The Hall–Kier alpha value is -6.88. The Balaban J connectivity index is 0.000000172. The lowest BCUT2D eigenvalue weighted by molar-refractivity contribution is -0.141. The van der Waals surface area contributed by atoms with Crippen molar-refractivity contribution in [3.63, 3.8) is 0 Å². The maximum atomic E-state index is 13.4. The number of amides is 4. The van der Waals surface area contributed by atoms with Gasteiger partial charge in [0.25, 0.3) is 0 Å². The van der Waals surface area contributed by atoms with Gasteiger partial charge >= 0.3 is 24.0 Å². The van der Waals surface area contributed by atoms with Gasteiger partial charge in [-0.3, -0.25) is 20.4 Å². The van der Waals surface area contributed by atoms with Crippen molar-refractivity contribution in [2.45, 2.75) is 90.2 Å². The Morgan fingerprint density at radius 1 is 0.710 bits per heavy atom. The summed E-state index contributed by atoms with van der Waals surface area (Å²) in [5.41, 5.74) is 2.98. The summed E-state index contributed by atoms with van der Waals surface area (Å²) in [6.45, 7) is 15.4. The number of methoxy groups -OCH3 is 1. The second-order valence-corrected chi connectivity index (χ2v) is 18.4. The van der Waals surface area contributed by atoms with Crippen LogP contribution in [0.5, 0.6) is 11.5 Å². The van der Waals surface area contributed by atoms with Crippen molar-refractivity contribution in [2.24, 2.45) is 0 Å². The van der Waals surface area contributed by atoms with Crippen LogP contribution in [0.3, 0.4) is 0 Å². The SMILES string of the molecule is COC(=O)c1nc2c(cc1C)N1CC[C@@H](C1)N2C(=O)Nc1cc(OC[C@H]2COC(C)(C)O2)ccn1.Cc1cc2c(nc1C(=O)O)N(C(=O)Nc1cc(OC[C@H]3COC(C)(C)O3)ccn1)[C@H]1CCN2C1. The number of carboxylic acids is 1. The van der Waals surface area contributed by atoms with Crippen molar-refractivity contribution in [3.05, 3.63) is 71.3 Å². The largest absolute Gasteiger partial charge is 0.491 e. The summed E-state index contributed by atoms with van der Waals surface area (Å²) in [5.74, 6) is -0.366. The molecule has 10 heterocycles. The molecule has 6 aliphatic rings. The van der Waals surface area contributed by atoms with Crippen LogP contribution in [-0.4, -0.2) is 145 Å². The standard InChI is InChI=1S/C24H29N5O6.C23H27N5O6/c1-14-9-18-21(27-20(14)22(30)32-4)29(15-6-8-28(18)11-15)23(31)26-19-10-16(5-7-25-19)33-12-17-13-34-24(2,3)35-17;1-13-8-17-20(26-19(13)21(29)30)28(14-5-7-27(17)10-14)22(31)25-18-9-15(4-6-24-18)32-11-16-12-33-23(2,3)34-16/h5,7,9-10,15,17H,6,8,11-13H2,1-4H3,(H,25,26,31);4,6,8-9,14,16H,5,7,10-12H2,1-3H3,(H,29,30)(H,24,25,31)/t15-,17-;14-,16-/m00/s1. The van der Waals surface area contributed by atoms with Gasteiger partial charge in [0.15, 0.2) is 34.6 Å². The number of nitrogens with zero attached hydrogens (tertiary/aromatic N) is 8. The highest BCUT2D eigenvalue weighted by molar-refractivity contribution is 6.06. The fraction of sp³-hybridized carbons (Fsp3) is 0.489. The Morgan fingerprint density at radius 3 is 1.58 bits per heavy atom. The number of nitrogens with one attached hydrogen (secondary N) is 2. The molecule has 0 unspecified atom stereocenters. The molecule has 4 saturated heterocycles. The molecule has 0 aromatic carbocycles. The fourth-order valence-electron chi connectivity index (χ4n) is 9.28. The van der Waals surface area contributed by atoms with Gasteiger partial charge in [0.1, 0.15) is 48.6 Å². The highest BCUT2D eigenvalue weighted by Gasteiger charge is 2.43. The van der Waals surface area contributed by atoms with Crippen LogP contribution < -0.4 is 39.7 Å². The van der Waals surface area contributed by atoms with Crippen LogP contribution in [0.4, 0.5) is 44.2 Å². The Labute approximate surface area is 398 Å². The van der Waals surface area contributed by atoms with E-state index in [1.165, 1.54) is 7.11 Å². The number of ether oxygens (including phenoxy) is 7. The molecule has 4 fully saturated rings. The normalized spacial score (nSPS) is 22.2. The molecule has 366 valence electrons. The molecule has 4 amide bonds. The number of rotatable bonds is 10. The van der Waals surface area contributed by atoms with Gasteiger partial charge < -0.3 is 48.1 Å². The van der Waals surface area contributed by atoms with Crippen LogP contribution in [-0.2, 0) is 23.7 Å². The van der Waals surface area contributed by atoms with Crippen LogP contribution in [0.1, 0.15) is 72.6 Å². The average Bonchev–Trinajstić information content (AvgIpc) is 4.11. The smallest absolute Gasteiger partial charge is 0.357 e. The zero-order valence-electron chi connectivity index (χ0n) is 39.5. The first-order valence-corrected chi connectivity index (χ1v) is 22.8. The lowest BCUT2D eigenvalue weighted by Gasteiger charge is -2.36. The summed E-state index contributed by atoms with van der Waals surface area (Å²) in [6, 6.07) is 9.43. The minimum Gasteiger partial charge on any atom is -0.491 e. The number of fused-ring (bicyclic) bond motifs is 8. The molecular formula is C47H56N10O12. The maximum Gasteiger partial charge on any atom is 0.357 e. The van der Waals surface area contributed by atoms with Gasteiger partial charge in [-0.05, 0) is 89.8 Å². The zero-order chi connectivity index (χ0) is 48.8. The molecular weight excluding hydrogens is 897 g/mol. The van der Waals surface area contributed by atoms with Gasteiger partial charge in [-0.25, -0.2) is 39.1 Å². The van der Waals surface area contributed by atoms with Crippen molar-refractivity contribution in [3.8, 4) is 11.5 Å². The molecule has 0 saturated carbocycles. The number of anilines is 6. The van der Waals surface area contributed by atoms with Crippen LogP contribution in [0, 0.1) is 13.8 Å². The van der Waals surface area contributed by atoms with E-state index < -0.39 is 29.5 Å². The second-order valence-electron chi connectivity index (χ2n) is 18.4. The van der Waals surface area contributed by atoms with Gasteiger partial charge in [0.05, 0.1) is 43.8 Å². The van der Waals surface area contributed by atoms with Crippen molar-refractivity contribution in [1.29, 1.82) is 0 Å². The Kier molecular flexibility index (Phi) is 12.9. The number of carbonyl (C=O) groups excluding carboxylic acids is 3. The van der Waals surface area contributed by atoms with Crippen LogP contribution in [0.25, 0.3) is 0 Å². The van der Waals surface area contributed by atoms with E-state index in [0.29, 0.717) is 85.4 Å². The van der Waals surface area contributed by atoms with E-state index >= 15 is 0 Å². The lowest BCUT2D eigenvalue weighted by atomic mass is 10.1. The van der Waals surface area contributed by atoms with Gasteiger partial charge in [0.2, 0.25) is 0 Å². The third-order valence-corrected chi connectivity index (χ3v) is 12.5. The van der Waals surface area contributed by atoms with Crippen molar-refractivity contribution < 1.29 is 57.4 Å². The zero-order valence-corrected chi connectivity index (χ0v) is 39.5. The minimum atomic E-state index is -1.12. The summed E-state index contributed by atoms with van der Waals surface area (Å²) >= 11 is 0. The molecule has 0 radical (unpaired) electrons. The van der Waals surface area contributed by atoms with E-state index in [-0.39, 0.29) is 41.7 Å². The van der Waals surface area contributed by atoms with E-state index in [4.69, 9.17) is 33.2 Å². The first-order valence-electron chi connectivity index (χ1n) is 22.8. The fourth-order valence-corrected chi connectivity index (χ4v) is 9.28. The first-order chi connectivity index (χ1) is 32.9. The Morgan fingerprint density at radius 2 is 1.16 bits per heavy atom. The molecule has 22 nitrogen and oxygen atoms in total. The predicted molar refractivity (Wildman–Crippen MR) is 250 cm³/mol. The molecule has 22 heteroatoms. The summed E-state index contributed by atoms with van der Waals surface area (Å²) in [7, 11) is 1.31. The highest BCUT2D eigenvalue weighted by Crippen LogP contribution is 2.42.